The average molecular weight is 512 g/mol. The molecule has 2 aliphatic rings. The SMILES string of the molecule is COCCCC[C@@](O)(c1cccc(F)c1-c1ccccc1)[C@@H]1CCCN(C(=O)N[C@H]2CC(C)N(C)C2)C1. The number of hydrogen-bond acceptors (Lipinski definition) is 4. The maximum Gasteiger partial charge on any atom is 0.317 e. The largest absolute Gasteiger partial charge is 0.385 e. The number of unbranched alkanes of at least 4 members (excludes halogenated alkanes) is 1. The molecule has 2 fully saturated rings. The number of amides is 2. The molecule has 0 aromatic heterocycles. The van der Waals surface area contributed by atoms with Gasteiger partial charge in [-0.1, -0.05) is 42.5 Å². The quantitative estimate of drug-likeness (QED) is 0.465. The maximum absolute atomic E-state index is 15.4. The lowest BCUT2D eigenvalue weighted by Gasteiger charge is -2.44. The number of likely N-dealkylation sites (N-methyl/N-ethyl adjacent to an activating group) is 1. The van der Waals surface area contributed by atoms with Gasteiger partial charge in [-0.25, -0.2) is 9.18 Å². The second kappa shape index (κ2) is 12.4. The summed E-state index contributed by atoms with van der Waals surface area (Å²) in [4.78, 5) is 17.4. The van der Waals surface area contributed by atoms with Crippen molar-refractivity contribution >= 4 is 6.03 Å². The Hall–Kier alpha value is -2.48. The molecular weight excluding hydrogens is 469 g/mol. The van der Waals surface area contributed by atoms with Gasteiger partial charge in [0.1, 0.15) is 5.82 Å². The predicted octanol–water partition coefficient (Wildman–Crippen LogP) is 5.01. The Bertz CT molecular complexity index is 1030. The Morgan fingerprint density at radius 3 is 2.65 bits per heavy atom. The van der Waals surface area contributed by atoms with Crippen LogP contribution in [-0.2, 0) is 10.3 Å². The van der Waals surface area contributed by atoms with E-state index in [4.69, 9.17) is 4.74 Å². The first kappa shape index (κ1) is 27.6. The molecule has 2 N–H and O–H groups in total. The third-order valence-corrected chi connectivity index (χ3v) is 8.30. The molecule has 0 radical (unpaired) electrons. The summed E-state index contributed by atoms with van der Waals surface area (Å²) in [5, 5.41) is 15.7. The molecule has 4 rings (SSSR count). The minimum atomic E-state index is -1.28. The molecule has 2 heterocycles. The van der Waals surface area contributed by atoms with E-state index in [-0.39, 0.29) is 23.8 Å². The van der Waals surface area contributed by atoms with Crippen molar-refractivity contribution < 1.29 is 19.0 Å². The predicted molar refractivity (Wildman–Crippen MR) is 145 cm³/mol. The normalized spacial score (nSPS) is 24.1. The molecule has 6 nitrogen and oxygen atoms in total. The van der Waals surface area contributed by atoms with Gasteiger partial charge in [-0.15, -0.1) is 0 Å². The number of carbonyl (C=O) groups excluding carboxylic acids is 1. The zero-order valence-electron chi connectivity index (χ0n) is 22.5. The summed E-state index contributed by atoms with van der Waals surface area (Å²) in [6.45, 7) is 4.73. The standard InChI is InChI=1S/C30H42FN3O3/c1-22-19-25(21-33(22)2)32-29(35)34-17-10-13-24(20-34)30(36,16-7-8-18-37-3)26-14-9-15-27(31)28(26)23-11-5-4-6-12-23/h4-6,9,11-12,14-15,22,24-25,36H,7-8,10,13,16-21H2,1-3H3,(H,32,35)/t22?,24-,25+,30+/m1/s1. The topological polar surface area (TPSA) is 65.0 Å². The summed E-state index contributed by atoms with van der Waals surface area (Å²) in [7, 11) is 3.76. The van der Waals surface area contributed by atoms with Gasteiger partial charge in [0.05, 0.1) is 5.60 Å². The fourth-order valence-corrected chi connectivity index (χ4v) is 6.10. The molecule has 4 atom stereocenters. The fourth-order valence-electron chi connectivity index (χ4n) is 6.10. The second-order valence-electron chi connectivity index (χ2n) is 10.9. The first-order valence-corrected chi connectivity index (χ1v) is 13.6. The number of carbonyl (C=O) groups is 1. The van der Waals surface area contributed by atoms with Crippen LogP contribution in [0, 0.1) is 11.7 Å². The summed E-state index contributed by atoms with van der Waals surface area (Å²) in [6, 6.07) is 14.9. The molecule has 2 aliphatic heterocycles. The van der Waals surface area contributed by atoms with Crippen molar-refractivity contribution in [1.82, 2.24) is 15.1 Å². The van der Waals surface area contributed by atoms with Crippen LogP contribution in [0.5, 0.6) is 0 Å². The van der Waals surface area contributed by atoms with Crippen molar-refractivity contribution in [3.8, 4) is 11.1 Å². The molecule has 2 amide bonds. The Balaban J connectivity index is 1.61. The first-order chi connectivity index (χ1) is 17.8. The van der Waals surface area contributed by atoms with Gasteiger partial charge in [-0.2, -0.15) is 0 Å². The molecule has 2 aromatic rings. The minimum absolute atomic E-state index is 0.0681. The number of nitrogens with one attached hydrogen (secondary N) is 1. The van der Waals surface area contributed by atoms with Crippen molar-refractivity contribution in [1.29, 1.82) is 0 Å². The van der Waals surface area contributed by atoms with Crippen LogP contribution in [0.25, 0.3) is 11.1 Å². The summed E-state index contributed by atoms with van der Waals surface area (Å²) in [5.41, 5.74) is 0.523. The number of ether oxygens (including phenoxy) is 1. The van der Waals surface area contributed by atoms with Crippen LogP contribution >= 0.6 is 0 Å². The molecule has 7 heteroatoms. The van der Waals surface area contributed by atoms with Crippen LogP contribution < -0.4 is 5.32 Å². The van der Waals surface area contributed by atoms with Gasteiger partial charge in [-0.3, -0.25) is 0 Å². The number of nitrogens with zero attached hydrogens (tertiary/aromatic N) is 2. The van der Waals surface area contributed by atoms with E-state index < -0.39 is 5.60 Å². The van der Waals surface area contributed by atoms with Gasteiger partial charge in [0, 0.05) is 56.9 Å². The van der Waals surface area contributed by atoms with Crippen LogP contribution in [0.1, 0.15) is 51.0 Å². The highest BCUT2D eigenvalue weighted by Gasteiger charge is 2.43. The lowest BCUT2D eigenvalue weighted by atomic mass is 9.72. The number of aliphatic hydroxyl groups is 1. The van der Waals surface area contributed by atoms with Gasteiger partial charge in [-0.05, 0) is 69.7 Å². The van der Waals surface area contributed by atoms with E-state index in [1.807, 2.05) is 41.3 Å². The zero-order valence-corrected chi connectivity index (χ0v) is 22.5. The zero-order chi connectivity index (χ0) is 26.4. The van der Waals surface area contributed by atoms with E-state index in [1.54, 1.807) is 13.2 Å². The van der Waals surface area contributed by atoms with Crippen molar-refractivity contribution in [3.05, 3.63) is 59.9 Å². The van der Waals surface area contributed by atoms with Crippen LogP contribution in [0.2, 0.25) is 0 Å². The molecule has 2 aromatic carbocycles. The highest BCUT2D eigenvalue weighted by Crippen LogP contribution is 2.44. The van der Waals surface area contributed by atoms with Crippen molar-refractivity contribution in [3.63, 3.8) is 0 Å². The van der Waals surface area contributed by atoms with E-state index in [2.05, 4.69) is 24.2 Å². The molecule has 0 aliphatic carbocycles. The molecule has 2 saturated heterocycles. The van der Waals surface area contributed by atoms with E-state index in [1.165, 1.54) is 6.07 Å². The number of hydrogen-bond donors (Lipinski definition) is 2. The number of benzene rings is 2. The number of halogens is 1. The molecule has 0 saturated carbocycles. The fraction of sp³-hybridized carbons (Fsp3) is 0.567. The molecule has 1 unspecified atom stereocenters. The lowest BCUT2D eigenvalue weighted by molar-refractivity contribution is -0.0560. The first-order valence-electron chi connectivity index (χ1n) is 13.6. The number of likely N-dealkylation sites (tertiary alicyclic amines) is 2. The minimum Gasteiger partial charge on any atom is -0.385 e. The van der Waals surface area contributed by atoms with Gasteiger partial charge in [0.15, 0.2) is 0 Å². The van der Waals surface area contributed by atoms with Crippen molar-refractivity contribution in [2.45, 2.75) is 63.1 Å². The van der Waals surface area contributed by atoms with Gasteiger partial charge >= 0.3 is 6.03 Å². The third kappa shape index (κ3) is 6.33. The smallest absolute Gasteiger partial charge is 0.317 e. The Kier molecular flexibility index (Phi) is 9.22. The van der Waals surface area contributed by atoms with Crippen molar-refractivity contribution in [2.24, 2.45) is 5.92 Å². The van der Waals surface area contributed by atoms with E-state index in [0.717, 1.165) is 44.2 Å². The Labute approximate surface area is 220 Å². The Morgan fingerprint density at radius 2 is 1.95 bits per heavy atom. The van der Waals surface area contributed by atoms with Crippen LogP contribution in [0.3, 0.4) is 0 Å². The van der Waals surface area contributed by atoms with Crippen LogP contribution in [-0.4, -0.2) is 73.4 Å². The van der Waals surface area contributed by atoms with E-state index in [9.17, 15) is 9.90 Å². The monoisotopic (exact) mass is 511 g/mol. The average Bonchev–Trinajstić information content (AvgIpc) is 3.23. The third-order valence-electron chi connectivity index (χ3n) is 8.30. The molecule has 0 bridgehead atoms. The van der Waals surface area contributed by atoms with E-state index >= 15 is 4.39 Å². The molecule has 0 spiro atoms. The summed E-state index contributed by atoms with van der Waals surface area (Å²) >= 11 is 0. The number of rotatable bonds is 9. The number of methoxy groups -OCH3 is 1. The number of urea groups is 1. The summed E-state index contributed by atoms with van der Waals surface area (Å²) in [6.07, 6.45) is 4.54. The highest BCUT2D eigenvalue weighted by atomic mass is 19.1. The van der Waals surface area contributed by atoms with Gasteiger partial charge < -0.3 is 25.0 Å². The van der Waals surface area contributed by atoms with Crippen LogP contribution in [0.15, 0.2) is 48.5 Å². The van der Waals surface area contributed by atoms with Gasteiger partial charge in [0.25, 0.3) is 0 Å². The van der Waals surface area contributed by atoms with Crippen LogP contribution in [0.4, 0.5) is 9.18 Å². The molecule has 37 heavy (non-hydrogen) atoms. The van der Waals surface area contributed by atoms with Crippen molar-refractivity contribution in [2.75, 3.05) is 40.4 Å². The van der Waals surface area contributed by atoms with E-state index in [0.29, 0.717) is 43.3 Å². The summed E-state index contributed by atoms with van der Waals surface area (Å²) in [5.74, 6) is -0.548. The lowest BCUT2D eigenvalue weighted by Crippen LogP contribution is -2.53. The Morgan fingerprint density at radius 1 is 1.16 bits per heavy atom. The van der Waals surface area contributed by atoms with Gasteiger partial charge in [0.2, 0.25) is 0 Å². The second-order valence-corrected chi connectivity index (χ2v) is 10.9. The highest BCUT2D eigenvalue weighted by molar-refractivity contribution is 5.75. The number of piperidine rings is 1. The molecule has 202 valence electrons. The molecular formula is C30H42FN3O3. The summed E-state index contributed by atoms with van der Waals surface area (Å²) < 4.78 is 20.6. The maximum atomic E-state index is 15.4.